The molecule has 0 spiro atoms. The number of amides is 1. The lowest BCUT2D eigenvalue weighted by Gasteiger charge is -2.16. The van der Waals surface area contributed by atoms with Crippen LogP contribution >= 0.6 is 0 Å². The topological polar surface area (TPSA) is 50.4 Å². The van der Waals surface area contributed by atoms with E-state index in [1.165, 1.54) is 11.1 Å². The van der Waals surface area contributed by atoms with Crippen LogP contribution in [0.15, 0.2) is 12.1 Å². The van der Waals surface area contributed by atoms with Crippen LogP contribution in [0.1, 0.15) is 37.5 Å². The van der Waals surface area contributed by atoms with Crippen LogP contribution in [0.2, 0.25) is 0 Å². The SMILES string of the molecule is CCc1cc(CC(C)C)cc(C)c1OCC(=O)NCCNC. The number of nitrogens with one attached hydrogen (secondary N) is 2. The Balaban J connectivity index is 2.71. The summed E-state index contributed by atoms with van der Waals surface area (Å²) >= 11 is 0. The summed E-state index contributed by atoms with van der Waals surface area (Å²) in [6.45, 7) is 10.1. The molecule has 4 nitrogen and oxygen atoms in total. The molecule has 124 valence electrons. The lowest BCUT2D eigenvalue weighted by molar-refractivity contribution is -0.123. The molecule has 0 heterocycles. The zero-order valence-corrected chi connectivity index (χ0v) is 14.6. The molecule has 0 aliphatic rings. The van der Waals surface area contributed by atoms with E-state index in [0.29, 0.717) is 12.5 Å². The van der Waals surface area contributed by atoms with Gasteiger partial charge in [-0.2, -0.15) is 0 Å². The van der Waals surface area contributed by atoms with Crippen molar-refractivity contribution >= 4 is 5.91 Å². The summed E-state index contributed by atoms with van der Waals surface area (Å²) in [4.78, 5) is 11.8. The number of hydrogen-bond donors (Lipinski definition) is 2. The number of carbonyl (C=O) groups is 1. The molecule has 0 aromatic heterocycles. The summed E-state index contributed by atoms with van der Waals surface area (Å²) in [6.07, 6.45) is 1.97. The third-order valence-corrected chi connectivity index (χ3v) is 3.48. The molecule has 4 heteroatoms. The highest BCUT2D eigenvalue weighted by atomic mass is 16.5. The first-order chi connectivity index (χ1) is 10.5. The first-order valence-electron chi connectivity index (χ1n) is 8.14. The second-order valence-electron chi connectivity index (χ2n) is 6.09. The summed E-state index contributed by atoms with van der Waals surface area (Å²) in [5.41, 5.74) is 3.63. The maximum absolute atomic E-state index is 11.8. The van der Waals surface area contributed by atoms with E-state index < -0.39 is 0 Å². The smallest absolute Gasteiger partial charge is 0.257 e. The third-order valence-electron chi connectivity index (χ3n) is 3.48. The fourth-order valence-corrected chi connectivity index (χ4v) is 2.50. The van der Waals surface area contributed by atoms with Gasteiger partial charge in [-0.25, -0.2) is 0 Å². The molecule has 0 aliphatic carbocycles. The lowest BCUT2D eigenvalue weighted by atomic mass is 9.97. The highest BCUT2D eigenvalue weighted by molar-refractivity contribution is 5.77. The van der Waals surface area contributed by atoms with Gasteiger partial charge in [-0.15, -0.1) is 0 Å². The van der Waals surface area contributed by atoms with Crippen molar-refractivity contribution in [1.29, 1.82) is 0 Å². The normalized spacial score (nSPS) is 10.8. The molecule has 0 fully saturated rings. The Hall–Kier alpha value is -1.55. The van der Waals surface area contributed by atoms with E-state index in [-0.39, 0.29) is 12.5 Å². The Morgan fingerprint density at radius 3 is 2.59 bits per heavy atom. The Morgan fingerprint density at radius 1 is 1.27 bits per heavy atom. The molecule has 0 bridgehead atoms. The number of hydrogen-bond acceptors (Lipinski definition) is 3. The molecule has 1 rings (SSSR count). The molecule has 0 saturated carbocycles. The van der Waals surface area contributed by atoms with Gasteiger partial charge >= 0.3 is 0 Å². The highest BCUT2D eigenvalue weighted by Crippen LogP contribution is 2.27. The fraction of sp³-hybridized carbons (Fsp3) is 0.611. The summed E-state index contributed by atoms with van der Waals surface area (Å²) < 4.78 is 5.78. The van der Waals surface area contributed by atoms with Gasteiger partial charge in [0, 0.05) is 13.1 Å². The predicted octanol–water partition coefficient (Wildman–Crippen LogP) is 2.47. The Labute approximate surface area is 134 Å². The van der Waals surface area contributed by atoms with Gasteiger partial charge in [0.1, 0.15) is 5.75 Å². The molecule has 0 radical (unpaired) electrons. The van der Waals surface area contributed by atoms with E-state index in [2.05, 4.69) is 50.5 Å². The van der Waals surface area contributed by atoms with Crippen molar-refractivity contribution in [2.24, 2.45) is 5.92 Å². The molecule has 0 unspecified atom stereocenters. The number of carbonyl (C=O) groups excluding carboxylic acids is 1. The summed E-state index contributed by atoms with van der Waals surface area (Å²) in [5, 5.41) is 5.81. The van der Waals surface area contributed by atoms with Gasteiger partial charge in [0.15, 0.2) is 6.61 Å². The first-order valence-corrected chi connectivity index (χ1v) is 8.14. The minimum Gasteiger partial charge on any atom is -0.483 e. The van der Waals surface area contributed by atoms with E-state index in [4.69, 9.17) is 4.74 Å². The maximum Gasteiger partial charge on any atom is 0.257 e. The fourth-order valence-electron chi connectivity index (χ4n) is 2.50. The van der Waals surface area contributed by atoms with Crippen LogP contribution < -0.4 is 15.4 Å². The van der Waals surface area contributed by atoms with Gasteiger partial charge in [-0.3, -0.25) is 4.79 Å². The summed E-state index contributed by atoms with van der Waals surface area (Å²) in [5.74, 6) is 1.41. The number of aryl methyl sites for hydroxylation is 2. The van der Waals surface area contributed by atoms with Gasteiger partial charge in [0.2, 0.25) is 0 Å². The zero-order valence-electron chi connectivity index (χ0n) is 14.6. The molecule has 1 amide bonds. The molecule has 1 aromatic rings. The molecular formula is C18H30N2O2. The molecule has 0 atom stereocenters. The van der Waals surface area contributed by atoms with Crippen LogP contribution in [0, 0.1) is 12.8 Å². The Kier molecular flexibility index (Phi) is 7.96. The van der Waals surface area contributed by atoms with E-state index in [1.54, 1.807) is 0 Å². The van der Waals surface area contributed by atoms with E-state index in [0.717, 1.165) is 30.7 Å². The van der Waals surface area contributed by atoms with Gasteiger partial charge in [0.25, 0.3) is 5.91 Å². The van der Waals surface area contributed by atoms with Crippen molar-refractivity contribution in [1.82, 2.24) is 10.6 Å². The first kappa shape index (κ1) is 18.5. The standard InChI is InChI=1S/C18H30N2O2/c1-6-16-11-15(9-13(2)3)10-14(4)18(16)22-12-17(21)20-8-7-19-5/h10-11,13,19H,6-9,12H2,1-5H3,(H,20,21). The minimum absolute atomic E-state index is 0.0705. The summed E-state index contributed by atoms with van der Waals surface area (Å²) in [6, 6.07) is 4.38. The van der Waals surface area contributed by atoms with Crippen molar-refractivity contribution in [3.63, 3.8) is 0 Å². The van der Waals surface area contributed by atoms with Gasteiger partial charge in [0.05, 0.1) is 0 Å². The van der Waals surface area contributed by atoms with Crippen molar-refractivity contribution in [2.75, 3.05) is 26.7 Å². The van der Waals surface area contributed by atoms with E-state index >= 15 is 0 Å². The number of ether oxygens (including phenoxy) is 1. The highest BCUT2D eigenvalue weighted by Gasteiger charge is 2.11. The van der Waals surface area contributed by atoms with Crippen LogP contribution in [0.4, 0.5) is 0 Å². The second kappa shape index (κ2) is 9.46. The van der Waals surface area contributed by atoms with Crippen molar-refractivity contribution < 1.29 is 9.53 Å². The van der Waals surface area contributed by atoms with Crippen molar-refractivity contribution in [3.05, 3.63) is 28.8 Å². The van der Waals surface area contributed by atoms with E-state index in [9.17, 15) is 4.79 Å². The van der Waals surface area contributed by atoms with Crippen LogP contribution in [0.3, 0.4) is 0 Å². The third kappa shape index (κ3) is 6.06. The number of benzene rings is 1. The van der Waals surface area contributed by atoms with Crippen LogP contribution in [-0.4, -0.2) is 32.7 Å². The minimum atomic E-state index is -0.0806. The van der Waals surface area contributed by atoms with Crippen LogP contribution in [0.25, 0.3) is 0 Å². The average molecular weight is 306 g/mol. The van der Waals surface area contributed by atoms with Gasteiger partial charge < -0.3 is 15.4 Å². The molecule has 1 aromatic carbocycles. The molecule has 0 saturated heterocycles. The van der Waals surface area contributed by atoms with Crippen molar-refractivity contribution in [3.8, 4) is 5.75 Å². The predicted molar refractivity (Wildman–Crippen MR) is 91.5 cm³/mol. The number of likely N-dealkylation sites (N-methyl/N-ethyl adjacent to an activating group) is 1. The Morgan fingerprint density at radius 2 is 2.00 bits per heavy atom. The Bertz CT molecular complexity index is 484. The van der Waals surface area contributed by atoms with Gasteiger partial charge in [-0.1, -0.05) is 32.9 Å². The van der Waals surface area contributed by atoms with Crippen LogP contribution in [0.5, 0.6) is 5.75 Å². The molecule has 0 aliphatic heterocycles. The summed E-state index contributed by atoms with van der Waals surface area (Å²) in [7, 11) is 1.86. The second-order valence-corrected chi connectivity index (χ2v) is 6.09. The largest absolute Gasteiger partial charge is 0.483 e. The lowest BCUT2D eigenvalue weighted by Crippen LogP contribution is -2.34. The maximum atomic E-state index is 11.8. The zero-order chi connectivity index (χ0) is 16.5. The van der Waals surface area contributed by atoms with Crippen molar-refractivity contribution in [2.45, 2.75) is 40.5 Å². The van der Waals surface area contributed by atoms with Crippen LogP contribution in [-0.2, 0) is 17.6 Å². The monoisotopic (exact) mass is 306 g/mol. The average Bonchev–Trinajstić information content (AvgIpc) is 2.45. The molecular weight excluding hydrogens is 276 g/mol. The quantitative estimate of drug-likeness (QED) is 0.689. The van der Waals surface area contributed by atoms with Gasteiger partial charge in [-0.05, 0) is 49.4 Å². The molecule has 2 N–H and O–H groups in total. The molecule has 22 heavy (non-hydrogen) atoms. The number of rotatable bonds is 9. The van der Waals surface area contributed by atoms with E-state index in [1.807, 2.05) is 7.05 Å².